The van der Waals surface area contributed by atoms with Crippen molar-refractivity contribution in [2.24, 2.45) is 5.92 Å². The lowest BCUT2D eigenvalue weighted by Crippen LogP contribution is -2.55. The van der Waals surface area contributed by atoms with E-state index in [9.17, 15) is 18.3 Å². The molecule has 0 aromatic heterocycles. The highest BCUT2D eigenvalue weighted by Gasteiger charge is 2.51. The van der Waals surface area contributed by atoms with Gasteiger partial charge in [-0.05, 0) is 70.0 Å². The molecule has 2 saturated carbocycles. The highest BCUT2D eigenvalue weighted by molar-refractivity contribution is 7.91. The molecule has 2 heterocycles. The van der Waals surface area contributed by atoms with Gasteiger partial charge in [-0.2, -0.15) is 0 Å². The van der Waals surface area contributed by atoms with Gasteiger partial charge in [0.25, 0.3) is 0 Å². The van der Waals surface area contributed by atoms with Crippen molar-refractivity contribution >= 4 is 15.9 Å². The lowest BCUT2D eigenvalue weighted by Gasteiger charge is -2.50. The highest BCUT2D eigenvalue weighted by Crippen LogP contribution is 2.47. The van der Waals surface area contributed by atoms with Gasteiger partial charge in [0.15, 0.2) is 9.84 Å². The molecule has 5 rings (SSSR count). The topological polar surface area (TPSA) is 90.0 Å². The van der Waals surface area contributed by atoms with Crippen LogP contribution in [0.5, 0.6) is 0 Å². The summed E-state index contributed by atoms with van der Waals surface area (Å²) in [7, 11) is -0.794. The average molecular weight is 504 g/mol. The first-order valence-corrected chi connectivity index (χ1v) is 15.2. The first kappa shape index (κ1) is 25.0. The fourth-order valence-corrected chi connectivity index (χ4v) is 8.36. The van der Waals surface area contributed by atoms with E-state index < -0.39 is 15.4 Å². The summed E-state index contributed by atoms with van der Waals surface area (Å²) in [5, 5.41) is 14.3. The van der Waals surface area contributed by atoms with E-state index in [1.807, 2.05) is 0 Å². The molecule has 0 bridgehead atoms. The third-order valence-electron chi connectivity index (χ3n) is 9.57. The molecule has 1 spiro atoms. The number of nitrogens with zero attached hydrogens (tertiary/aromatic N) is 2. The number of amides is 2. The summed E-state index contributed by atoms with van der Waals surface area (Å²) in [6.07, 6.45) is 9.53. The second kappa shape index (κ2) is 9.34. The van der Waals surface area contributed by atoms with Gasteiger partial charge in [-0.3, -0.25) is 4.90 Å². The largest absolute Gasteiger partial charge is 0.388 e. The van der Waals surface area contributed by atoms with Gasteiger partial charge in [-0.1, -0.05) is 49.6 Å². The van der Waals surface area contributed by atoms with E-state index in [0.29, 0.717) is 6.54 Å². The van der Waals surface area contributed by atoms with Crippen LogP contribution in [0, 0.1) is 5.92 Å². The maximum atomic E-state index is 12.9. The van der Waals surface area contributed by atoms with Gasteiger partial charge in [0.2, 0.25) is 0 Å². The summed E-state index contributed by atoms with van der Waals surface area (Å²) in [5.41, 5.74) is -0.0471. The molecule has 2 saturated heterocycles. The van der Waals surface area contributed by atoms with Crippen LogP contribution in [0.3, 0.4) is 0 Å². The van der Waals surface area contributed by atoms with Crippen LogP contribution in [0.1, 0.15) is 69.8 Å². The monoisotopic (exact) mass is 503 g/mol. The van der Waals surface area contributed by atoms with Gasteiger partial charge in [-0.25, -0.2) is 13.2 Å². The smallest absolute Gasteiger partial charge is 0.318 e. The van der Waals surface area contributed by atoms with Crippen LogP contribution in [-0.2, 0) is 15.4 Å². The van der Waals surface area contributed by atoms with Crippen molar-refractivity contribution in [1.29, 1.82) is 0 Å². The molecule has 0 radical (unpaired) electrons. The normalized spacial score (nSPS) is 29.8. The number of β-amino-alcohol motifs (C(OH)–C–C–N with tert-alkyl or cyclic N) is 1. The molecule has 0 atom stereocenters. The lowest BCUT2D eigenvalue weighted by atomic mass is 9.68. The van der Waals surface area contributed by atoms with E-state index >= 15 is 0 Å². The zero-order chi connectivity index (χ0) is 24.7. The standard InChI is InChI=1S/C27H41N3O4S/c1-29(17-10-22-6-5-7-22)27(23-8-3-2-4-9-23)13-11-25(12-14-27)20-30(24(31)28-25)21-26(32)15-18-35(33,34)19-16-26/h2-4,8-9,22,32H,5-7,10-21H2,1H3,(H,28,31). The Balaban J connectivity index is 1.26. The van der Waals surface area contributed by atoms with Gasteiger partial charge in [0.05, 0.1) is 29.2 Å². The van der Waals surface area contributed by atoms with E-state index in [1.54, 1.807) is 4.90 Å². The van der Waals surface area contributed by atoms with E-state index in [-0.39, 0.29) is 48.0 Å². The number of aliphatic hydroxyl groups is 1. The number of sulfone groups is 1. The minimum absolute atomic E-state index is 0.00309. The van der Waals surface area contributed by atoms with Crippen molar-refractivity contribution in [1.82, 2.24) is 15.1 Å². The van der Waals surface area contributed by atoms with Crippen LogP contribution in [0.15, 0.2) is 30.3 Å². The molecular weight excluding hydrogens is 462 g/mol. The molecule has 194 valence electrons. The van der Waals surface area contributed by atoms with E-state index in [2.05, 4.69) is 47.6 Å². The number of carbonyl (C=O) groups excluding carboxylic acids is 1. The highest BCUT2D eigenvalue weighted by atomic mass is 32.2. The second-order valence-corrected chi connectivity index (χ2v) is 14.2. The zero-order valence-electron chi connectivity index (χ0n) is 21.0. The third-order valence-corrected chi connectivity index (χ3v) is 11.2. The summed E-state index contributed by atoms with van der Waals surface area (Å²) in [6, 6.07) is 10.7. The molecule has 8 heteroatoms. The summed E-state index contributed by atoms with van der Waals surface area (Å²) < 4.78 is 23.6. The van der Waals surface area contributed by atoms with Gasteiger partial charge < -0.3 is 15.3 Å². The molecule has 1 aromatic rings. The Hall–Kier alpha value is -1.64. The Kier molecular flexibility index (Phi) is 6.68. The maximum absolute atomic E-state index is 12.9. The number of rotatable bonds is 7. The van der Waals surface area contributed by atoms with Gasteiger partial charge in [0.1, 0.15) is 0 Å². The van der Waals surface area contributed by atoms with Crippen molar-refractivity contribution < 1.29 is 18.3 Å². The van der Waals surface area contributed by atoms with Gasteiger partial charge in [0, 0.05) is 12.1 Å². The average Bonchev–Trinajstić information content (AvgIpc) is 3.10. The summed E-state index contributed by atoms with van der Waals surface area (Å²) in [4.78, 5) is 17.3. The van der Waals surface area contributed by atoms with Crippen molar-refractivity contribution in [3.8, 4) is 0 Å². The number of benzene rings is 1. The molecule has 4 aliphatic rings. The first-order chi connectivity index (χ1) is 16.6. The first-order valence-electron chi connectivity index (χ1n) is 13.4. The predicted octanol–water partition coefficient (Wildman–Crippen LogP) is 3.28. The molecule has 0 unspecified atom stereocenters. The molecule has 2 N–H and O–H groups in total. The molecule has 7 nitrogen and oxygen atoms in total. The van der Waals surface area contributed by atoms with Crippen LogP contribution >= 0.6 is 0 Å². The minimum Gasteiger partial charge on any atom is -0.388 e. The number of urea groups is 1. The summed E-state index contributed by atoms with van der Waals surface area (Å²) in [5.74, 6) is 0.872. The Morgan fingerprint density at radius 3 is 2.31 bits per heavy atom. The third kappa shape index (κ3) is 5.12. The summed E-state index contributed by atoms with van der Waals surface area (Å²) >= 11 is 0. The Morgan fingerprint density at radius 1 is 1.06 bits per heavy atom. The number of carbonyl (C=O) groups is 1. The fourth-order valence-electron chi connectivity index (χ4n) is 6.78. The Bertz CT molecular complexity index is 1000. The number of nitrogens with one attached hydrogen (secondary N) is 1. The fraction of sp³-hybridized carbons (Fsp3) is 0.741. The Morgan fingerprint density at radius 2 is 1.71 bits per heavy atom. The van der Waals surface area contributed by atoms with Gasteiger partial charge in [-0.15, -0.1) is 0 Å². The van der Waals surface area contributed by atoms with Gasteiger partial charge >= 0.3 is 6.03 Å². The molecular formula is C27H41N3O4S. The minimum atomic E-state index is -3.07. The van der Waals surface area contributed by atoms with Crippen LogP contribution in [-0.4, -0.2) is 78.7 Å². The van der Waals surface area contributed by atoms with Crippen molar-refractivity contribution in [3.05, 3.63) is 35.9 Å². The van der Waals surface area contributed by atoms with Crippen LogP contribution in [0.4, 0.5) is 4.79 Å². The van der Waals surface area contributed by atoms with Crippen LogP contribution in [0.2, 0.25) is 0 Å². The van der Waals surface area contributed by atoms with Crippen molar-refractivity contribution in [3.63, 3.8) is 0 Å². The molecule has 4 fully saturated rings. The van der Waals surface area contributed by atoms with Crippen molar-refractivity contribution in [2.45, 2.75) is 80.9 Å². The summed E-state index contributed by atoms with van der Waals surface area (Å²) in [6.45, 7) is 1.89. The zero-order valence-corrected chi connectivity index (χ0v) is 21.9. The molecule has 2 amide bonds. The van der Waals surface area contributed by atoms with Crippen LogP contribution < -0.4 is 5.32 Å². The lowest BCUT2D eigenvalue weighted by molar-refractivity contribution is 0.00263. The SMILES string of the molecule is CN(CCC1CCC1)C1(c2ccccc2)CCC2(CC1)CN(CC1(O)CCS(=O)(=O)CC1)C(=O)N2. The Labute approximate surface area is 210 Å². The van der Waals surface area contributed by atoms with E-state index in [1.165, 1.54) is 31.2 Å². The second-order valence-electron chi connectivity index (χ2n) is 11.8. The number of hydrogen-bond acceptors (Lipinski definition) is 5. The molecule has 1 aromatic carbocycles. The molecule has 2 aliphatic carbocycles. The predicted molar refractivity (Wildman–Crippen MR) is 137 cm³/mol. The van der Waals surface area contributed by atoms with Crippen molar-refractivity contribution in [2.75, 3.05) is 38.2 Å². The van der Waals surface area contributed by atoms with E-state index in [4.69, 9.17) is 0 Å². The molecule has 2 aliphatic heterocycles. The number of hydrogen-bond donors (Lipinski definition) is 2. The maximum Gasteiger partial charge on any atom is 0.318 e. The quantitative estimate of drug-likeness (QED) is 0.596. The van der Waals surface area contributed by atoms with E-state index in [0.717, 1.165) is 38.1 Å². The molecule has 35 heavy (non-hydrogen) atoms. The van der Waals surface area contributed by atoms with Crippen LogP contribution in [0.25, 0.3) is 0 Å².